The Hall–Kier alpha value is -1.91. The Morgan fingerprint density at radius 3 is 2.78 bits per heavy atom. The first-order valence-corrected chi connectivity index (χ1v) is 8.83. The summed E-state index contributed by atoms with van der Waals surface area (Å²) in [7, 11) is 0. The first-order valence-electron chi connectivity index (χ1n) is 8.02. The number of nitriles is 1. The molecule has 122 valence electrons. The highest BCUT2D eigenvalue weighted by atomic mass is 32.1. The zero-order valence-electron chi connectivity index (χ0n) is 13.0. The summed E-state index contributed by atoms with van der Waals surface area (Å²) in [5.41, 5.74) is 1.72. The minimum Gasteiger partial charge on any atom is -0.340 e. The van der Waals surface area contributed by atoms with Gasteiger partial charge in [-0.2, -0.15) is 5.26 Å². The van der Waals surface area contributed by atoms with E-state index >= 15 is 0 Å². The van der Waals surface area contributed by atoms with Gasteiger partial charge in [-0.25, -0.2) is 0 Å². The van der Waals surface area contributed by atoms with Crippen LogP contribution in [0.3, 0.4) is 0 Å². The zero-order chi connectivity index (χ0) is 16.2. The lowest BCUT2D eigenvalue weighted by Crippen LogP contribution is -2.46. The molecule has 1 fully saturated rings. The number of carbonyl (C=O) groups is 2. The molecular formula is C16H20N4O2S. The molecule has 2 heterocycles. The van der Waals surface area contributed by atoms with E-state index in [-0.39, 0.29) is 24.7 Å². The molecule has 6 nitrogen and oxygen atoms in total. The number of nitrogens with one attached hydrogen (secondary N) is 2. The van der Waals surface area contributed by atoms with E-state index in [1.807, 2.05) is 0 Å². The number of rotatable bonds is 4. The van der Waals surface area contributed by atoms with Gasteiger partial charge in [-0.15, -0.1) is 11.3 Å². The van der Waals surface area contributed by atoms with Gasteiger partial charge in [-0.1, -0.05) is 0 Å². The molecule has 2 N–H and O–H groups in total. The molecule has 3 rings (SSSR count). The van der Waals surface area contributed by atoms with Crippen LogP contribution in [0, 0.1) is 11.3 Å². The van der Waals surface area contributed by atoms with Crippen LogP contribution in [0.15, 0.2) is 0 Å². The molecule has 0 spiro atoms. The van der Waals surface area contributed by atoms with Crippen molar-refractivity contribution in [3.05, 3.63) is 16.0 Å². The highest BCUT2D eigenvalue weighted by Crippen LogP contribution is 2.38. The smallest absolute Gasteiger partial charge is 0.225 e. The van der Waals surface area contributed by atoms with Crippen LogP contribution in [0.1, 0.15) is 35.3 Å². The topological polar surface area (TPSA) is 85.2 Å². The van der Waals surface area contributed by atoms with E-state index in [4.69, 9.17) is 0 Å². The highest BCUT2D eigenvalue weighted by Gasteiger charge is 2.23. The zero-order valence-corrected chi connectivity index (χ0v) is 13.8. The standard InChI is InChI=1S/C16H20N4O2S/c17-10-12-11-2-1-3-13(11)23-16(12)19-14(21)4-5-15(22)20-8-6-18-7-9-20/h18H,1-9H2,(H,19,21). The maximum atomic E-state index is 12.1. The van der Waals surface area contributed by atoms with Crippen molar-refractivity contribution in [1.82, 2.24) is 10.2 Å². The van der Waals surface area contributed by atoms with Crippen LogP contribution in [-0.4, -0.2) is 42.9 Å². The minimum atomic E-state index is -0.190. The van der Waals surface area contributed by atoms with E-state index in [2.05, 4.69) is 16.7 Å². The molecule has 1 aliphatic heterocycles. The third-order valence-electron chi connectivity index (χ3n) is 4.32. The molecule has 1 saturated heterocycles. The Morgan fingerprint density at radius 1 is 1.26 bits per heavy atom. The van der Waals surface area contributed by atoms with Crippen LogP contribution in [0.5, 0.6) is 0 Å². The van der Waals surface area contributed by atoms with Gasteiger partial charge in [0.1, 0.15) is 11.1 Å². The fourth-order valence-corrected chi connectivity index (χ4v) is 4.35. The summed E-state index contributed by atoms with van der Waals surface area (Å²) in [6.45, 7) is 3.03. The van der Waals surface area contributed by atoms with E-state index in [9.17, 15) is 14.9 Å². The fourth-order valence-electron chi connectivity index (χ4n) is 3.09. The Kier molecular flexibility index (Phi) is 4.94. The molecule has 0 saturated carbocycles. The molecule has 0 bridgehead atoms. The number of anilines is 1. The number of aryl methyl sites for hydroxylation is 1. The van der Waals surface area contributed by atoms with Crippen LogP contribution in [0.25, 0.3) is 0 Å². The Labute approximate surface area is 139 Å². The molecule has 0 radical (unpaired) electrons. The van der Waals surface area contributed by atoms with Crippen molar-refractivity contribution < 1.29 is 9.59 Å². The summed E-state index contributed by atoms with van der Waals surface area (Å²) >= 11 is 1.51. The summed E-state index contributed by atoms with van der Waals surface area (Å²) in [4.78, 5) is 27.2. The lowest BCUT2D eigenvalue weighted by molar-refractivity contribution is -0.133. The van der Waals surface area contributed by atoms with E-state index in [1.165, 1.54) is 16.2 Å². The third-order valence-corrected chi connectivity index (χ3v) is 5.53. The number of hydrogen-bond acceptors (Lipinski definition) is 5. The number of fused-ring (bicyclic) bond motifs is 1. The number of piperazine rings is 1. The van der Waals surface area contributed by atoms with E-state index in [0.717, 1.165) is 37.9 Å². The van der Waals surface area contributed by atoms with Gasteiger partial charge in [-0.05, 0) is 24.8 Å². The maximum Gasteiger partial charge on any atom is 0.225 e. The van der Waals surface area contributed by atoms with E-state index < -0.39 is 0 Å². The number of nitrogens with zero attached hydrogens (tertiary/aromatic N) is 2. The third kappa shape index (κ3) is 3.54. The Balaban J connectivity index is 1.54. The number of hydrogen-bond donors (Lipinski definition) is 2. The summed E-state index contributed by atoms with van der Waals surface area (Å²) in [6, 6.07) is 2.21. The number of thiophene rings is 1. The largest absolute Gasteiger partial charge is 0.340 e. The van der Waals surface area contributed by atoms with Gasteiger partial charge in [0.25, 0.3) is 0 Å². The van der Waals surface area contributed by atoms with Gasteiger partial charge in [0.05, 0.1) is 5.56 Å². The lowest BCUT2D eigenvalue weighted by Gasteiger charge is -2.27. The van der Waals surface area contributed by atoms with E-state index in [1.54, 1.807) is 4.90 Å². The summed E-state index contributed by atoms with van der Waals surface area (Å²) in [5.74, 6) is -0.166. The first kappa shape index (κ1) is 16.0. The number of carbonyl (C=O) groups excluding carboxylic acids is 2. The van der Waals surface area contributed by atoms with E-state index in [0.29, 0.717) is 23.7 Å². The normalized spacial score (nSPS) is 16.7. The van der Waals surface area contributed by atoms with Crippen molar-refractivity contribution >= 4 is 28.2 Å². The lowest BCUT2D eigenvalue weighted by atomic mass is 10.1. The SMILES string of the molecule is N#Cc1c(NC(=O)CCC(=O)N2CCNCC2)sc2c1CCC2. The van der Waals surface area contributed by atoms with Crippen molar-refractivity contribution in [3.8, 4) is 6.07 Å². The molecule has 0 atom stereocenters. The second kappa shape index (κ2) is 7.11. The fraction of sp³-hybridized carbons (Fsp3) is 0.562. The molecule has 7 heteroatoms. The first-order chi connectivity index (χ1) is 11.2. The molecule has 1 aliphatic carbocycles. The van der Waals surface area contributed by atoms with Gasteiger partial charge in [0.15, 0.2) is 0 Å². The predicted molar refractivity (Wildman–Crippen MR) is 88.4 cm³/mol. The number of amides is 2. The van der Waals surface area contributed by atoms with Gasteiger partial charge in [0, 0.05) is 43.9 Å². The van der Waals surface area contributed by atoms with Crippen molar-refractivity contribution in [1.29, 1.82) is 5.26 Å². The van der Waals surface area contributed by atoms with Gasteiger partial charge < -0.3 is 15.5 Å². The highest BCUT2D eigenvalue weighted by molar-refractivity contribution is 7.16. The molecule has 0 aromatic carbocycles. The summed E-state index contributed by atoms with van der Waals surface area (Å²) in [6.07, 6.45) is 3.39. The van der Waals surface area contributed by atoms with Crippen molar-refractivity contribution in [2.75, 3.05) is 31.5 Å². The Bertz CT molecular complexity index is 656. The average molecular weight is 332 g/mol. The van der Waals surface area contributed by atoms with Crippen molar-refractivity contribution in [3.63, 3.8) is 0 Å². The Morgan fingerprint density at radius 2 is 2.04 bits per heavy atom. The molecule has 2 amide bonds. The van der Waals surface area contributed by atoms with Crippen LogP contribution in [0.2, 0.25) is 0 Å². The van der Waals surface area contributed by atoms with Crippen LogP contribution in [0.4, 0.5) is 5.00 Å². The van der Waals surface area contributed by atoms with Crippen molar-refractivity contribution in [2.45, 2.75) is 32.1 Å². The molecule has 23 heavy (non-hydrogen) atoms. The second-order valence-electron chi connectivity index (χ2n) is 5.85. The molecular weight excluding hydrogens is 312 g/mol. The van der Waals surface area contributed by atoms with Crippen molar-refractivity contribution in [2.24, 2.45) is 0 Å². The monoisotopic (exact) mass is 332 g/mol. The minimum absolute atomic E-state index is 0.0239. The molecule has 0 unspecified atom stereocenters. The van der Waals surface area contributed by atoms with Crippen LogP contribution >= 0.6 is 11.3 Å². The molecule has 2 aliphatic rings. The average Bonchev–Trinajstić information content (AvgIpc) is 3.14. The molecule has 1 aromatic heterocycles. The second-order valence-corrected chi connectivity index (χ2v) is 6.96. The summed E-state index contributed by atoms with van der Waals surface area (Å²) in [5, 5.41) is 16.0. The van der Waals surface area contributed by atoms with Gasteiger partial charge >= 0.3 is 0 Å². The predicted octanol–water partition coefficient (Wildman–Crippen LogP) is 1.26. The van der Waals surface area contributed by atoms with Crippen LogP contribution in [-0.2, 0) is 22.4 Å². The summed E-state index contributed by atoms with van der Waals surface area (Å²) < 4.78 is 0. The van der Waals surface area contributed by atoms with Gasteiger partial charge in [-0.3, -0.25) is 9.59 Å². The molecule has 1 aromatic rings. The quantitative estimate of drug-likeness (QED) is 0.869. The van der Waals surface area contributed by atoms with Crippen LogP contribution < -0.4 is 10.6 Å². The maximum absolute atomic E-state index is 12.1. The van der Waals surface area contributed by atoms with Gasteiger partial charge in [0.2, 0.25) is 11.8 Å².